The number of aromatic nitrogens is 2. The van der Waals surface area contributed by atoms with Crippen LogP contribution in [0, 0.1) is 0 Å². The third-order valence-corrected chi connectivity index (χ3v) is 5.27. The molecule has 0 aliphatic carbocycles. The summed E-state index contributed by atoms with van der Waals surface area (Å²) in [6.07, 6.45) is 8.44. The second-order valence-corrected chi connectivity index (χ2v) is 7.19. The molecule has 2 aliphatic heterocycles. The predicted octanol–water partition coefficient (Wildman–Crippen LogP) is 3.76. The number of fused-ring (bicyclic) bond motifs is 1. The zero-order valence-corrected chi connectivity index (χ0v) is 15.4. The van der Waals surface area contributed by atoms with Crippen molar-refractivity contribution in [1.29, 1.82) is 0 Å². The number of nitrogens with zero attached hydrogens (tertiary/aromatic N) is 2. The number of benzene rings is 1. The van der Waals surface area contributed by atoms with Crippen LogP contribution in [0.5, 0.6) is 0 Å². The summed E-state index contributed by atoms with van der Waals surface area (Å²) in [5.74, 6) is 1.08. The molecule has 136 valence electrons. The fraction of sp³-hybridized carbons (Fsp3) is 0.429. The summed E-state index contributed by atoms with van der Waals surface area (Å²) in [6.45, 7) is 5.98. The maximum absolute atomic E-state index is 5.46. The third-order valence-electron chi connectivity index (χ3n) is 5.27. The van der Waals surface area contributed by atoms with Crippen LogP contribution in [0.25, 0.3) is 10.8 Å². The van der Waals surface area contributed by atoms with Gasteiger partial charge >= 0.3 is 0 Å². The second kappa shape index (κ2) is 7.46. The molecule has 1 aromatic carbocycles. The number of dihydropyridines is 1. The van der Waals surface area contributed by atoms with Crippen molar-refractivity contribution in [3.8, 4) is 0 Å². The van der Waals surface area contributed by atoms with Crippen LogP contribution in [-0.2, 0) is 4.74 Å². The average Bonchev–Trinajstić information content (AvgIpc) is 2.68. The van der Waals surface area contributed by atoms with E-state index in [0.29, 0.717) is 12.1 Å². The molecular weight excluding hydrogens is 324 g/mol. The normalized spacial score (nSPS) is 21.9. The largest absolute Gasteiger partial charge is 0.385 e. The molecule has 3 heterocycles. The van der Waals surface area contributed by atoms with Gasteiger partial charge < -0.3 is 15.4 Å². The standard InChI is InChI=1S/C21H26N4O/c1-14-13-16(7-10-22-14)15(2)20-18-5-3-4-6-19(18)21(25-24-20)23-17-8-11-26-12-9-17/h3-7,10,13-15,17,22H,8-9,11-12H2,1-2H3,(H,23,25). The first-order valence-electron chi connectivity index (χ1n) is 9.46. The molecular formula is C21H26N4O. The van der Waals surface area contributed by atoms with E-state index >= 15 is 0 Å². The summed E-state index contributed by atoms with van der Waals surface area (Å²) in [5, 5.41) is 18.4. The molecule has 5 heteroatoms. The van der Waals surface area contributed by atoms with Crippen LogP contribution >= 0.6 is 0 Å². The second-order valence-electron chi connectivity index (χ2n) is 7.19. The van der Waals surface area contributed by atoms with E-state index in [1.54, 1.807) is 0 Å². The lowest BCUT2D eigenvalue weighted by Crippen LogP contribution is -2.28. The molecule has 1 aromatic heterocycles. The highest BCUT2D eigenvalue weighted by Gasteiger charge is 2.20. The Bertz CT molecular complexity index is 839. The lowest BCUT2D eigenvalue weighted by atomic mass is 9.91. The number of rotatable bonds is 4. The summed E-state index contributed by atoms with van der Waals surface area (Å²) >= 11 is 0. The summed E-state index contributed by atoms with van der Waals surface area (Å²) < 4.78 is 5.46. The number of ether oxygens (including phenoxy) is 1. The van der Waals surface area contributed by atoms with Crippen molar-refractivity contribution >= 4 is 16.6 Å². The Morgan fingerprint density at radius 2 is 1.92 bits per heavy atom. The average molecular weight is 350 g/mol. The molecule has 1 fully saturated rings. The molecule has 0 bridgehead atoms. The molecule has 2 aliphatic rings. The summed E-state index contributed by atoms with van der Waals surface area (Å²) in [7, 11) is 0. The Kier molecular flexibility index (Phi) is 4.89. The van der Waals surface area contributed by atoms with Crippen molar-refractivity contribution in [3.05, 3.63) is 53.9 Å². The highest BCUT2D eigenvalue weighted by Crippen LogP contribution is 2.32. The first-order valence-corrected chi connectivity index (χ1v) is 9.46. The minimum absolute atomic E-state index is 0.199. The maximum atomic E-state index is 5.46. The Morgan fingerprint density at radius 3 is 2.69 bits per heavy atom. The maximum Gasteiger partial charge on any atom is 0.156 e. The van der Waals surface area contributed by atoms with Crippen LogP contribution in [0.15, 0.2) is 48.2 Å². The van der Waals surface area contributed by atoms with Crippen LogP contribution in [0.1, 0.15) is 38.3 Å². The SMILES string of the molecule is CC1C=C(C(C)c2nnc(NC3CCOCC3)c3ccccc23)C=CN1. The number of hydrogen-bond donors (Lipinski definition) is 2. The molecule has 4 rings (SSSR count). The van der Waals surface area contributed by atoms with Crippen LogP contribution < -0.4 is 10.6 Å². The minimum atomic E-state index is 0.199. The summed E-state index contributed by atoms with van der Waals surface area (Å²) in [5.41, 5.74) is 2.31. The van der Waals surface area contributed by atoms with Crippen LogP contribution in [0.2, 0.25) is 0 Å². The molecule has 2 aromatic rings. The van der Waals surface area contributed by atoms with Gasteiger partial charge in [0.05, 0.1) is 5.69 Å². The quantitative estimate of drug-likeness (QED) is 0.879. The van der Waals surface area contributed by atoms with Crippen molar-refractivity contribution in [2.45, 2.75) is 44.7 Å². The zero-order chi connectivity index (χ0) is 17.9. The Labute approximate surface area is 154 Å². The van der Waals surface area contributed by atoms with Crippen molar-refractivity contribution in [2.75, 3.05) is 18.5 Å². The van der Waals surface area contributed by atoms with E-state index in [9.17, 15) is 0 Å². The topological polar surface area (TPSA) is 59.1 Å². The molecule has 0 radical (unpaired) electrons. The Morgan fingerprint density at radius 1 is 1.15 bits per heavy atom. The molecule has 2 atom stereocenters. The third kappa shape index (κ3) is 3.44. The number of allylic oxidation sites excluding steroid dienone is 2. The van der Waals surface area contributed by atoms with E-state index in [0.717, 1.165) is 43.0 Å². The molecule has 0 amide bonds. The highest BCUT2D eigenvalue weighted by atomic mass is 16.5. The summed E-state index contributed by atoms with van der Waals surface area (Å²) in [4.78, 5) is 0. The smallest absolute Gasteiger partial charge is 0.156 e. The first-order chi connectivity index (χ1) is 12.7. The van der Waals surface area contributed by atoms with Gasteiger partial charge in [0.1, 0.15) is 0 Å². The fourth-order valence-corrected chi connectivity index (χ4v) is 3.72. The van der Waals surface area contributed by atoms with Crippen molar-refractivity contribution in [3.63, 3.8) is 0 Å². The van der Waals surface area contributed by atoms with E-state index in [1.807, 2.05) is 6.20 Å². The van der Waals surface area contributed by atoms with E-state index in [-0.39, 0.29) is 5.92 Å². The number of nitrogens with one attached hydrogen (secondary N) is 2. The van der Waals surface area contributed by atoms with Gasteiger partial charge in [-0.1, -0.05) is 37.3 Å². The van der Waals surface area contributed by atoms with Gasteiger partial charge in [-0.2, -0.15) is 5.10 Å². The Hall–Kier alpha value is -2.40. The zero-order valence-electron chi connectivity index (χ0n) is 15.4. The number of hydrogen-bond acceptors (Lipinski definition) is 5. The molecule has 0 saturated carbocycles. The minimum Gasteiger partial charge on any atom is -0.385 e. The van der Waals surface area contributed by atoms with Gasteiger partial charge in [-0.25, -0.2) is 0 Å². The van der Waals surface area contributed by atoms with Crippen LogP contribution in [0.4, 0.5) is 5.82 Å². The Balaban J connectivity index is 1.68. The molecule has 2 N–H and O–H groups in total. The van der Waals surface area contributed by atoms with Gasteiger partial charge in [-0.15, -0.1) is 5.10 Å². The van der Waals surface area contributed by atoms with Gasteiger partial charge in [0, 0.05) is 42.0 Å². The highest BCUT2D eigenvalue weighted by molar-refractivity contribution is 5.93. The van der Waals surface area contributed by atoms with Gasteiger partial charge in [-0.3, -0.25) is 0 Å². The van der Waals surface area contributed by atoms with Crippen molar-refractivity contribution < 1.29 is 4.74 Å². The predicted molar refractivity (Wildman–Crippen MR) is 105 cm³/mol. The lowest BCUT2D eigenvalue weighted by Gasteiger charge is -2.25. The van der Waals surface area contributed by atoms with Crippen molar-refractivity contribution in [2.24, 2.45) is 0 Å². The lowest BCUT2D eigenvalue weighted by molar-refractivity contribution is 0.0904. The first kappa shape index (κ1) is 17.0. The molecule has 2 unspecified atom stereocenters. The van der Waals surface area contributed by atoms with Gasteiger partial charge in [0.2, 0.25) is 0 Å². The van der Waals surface area contributed by atoms with E-state index in [4.69, 9.17) is 4.74 Å². The van der Waals surface area contributed by atoms with E-state index in [1.165, 1.54) is 11.0 Å². The van der Waals surface area contributed by atoms with E-state index in [2.05, 4.69) is 71.1 Å². The van der Waals surface area contributed by atoms with Gasteiger partial charge in [-0.05, 0) is 37.6 Å². The molecule has 26 heavy (non-hydrogen) atoms. The van der Waals surface area contributed by atoms with Crippen LogP contribution in [-0.4, -0.2) is 35.5 Å². The number of anilines is 1. The monoisotopic (exact) mass is 350 g/mol. The van der Waals surface area contributed by atoms with Gasteiger partial charge in [0.15, 0.2) is 5.82 Å². The molecule has 5 nitrogen and oxygen atoms in total. The van der Waals surface area contributed by atoms with Gasteiger partial charge in [0.25, 0.3) is 0 Å². The van der Waals surface area contributed by atoms with Crippen molar-refractivity contribution in [1.82, 2.24) is 15.5 Å². The molecule has 0 spiro atoms. The van der Waals surface area contributed by atoms with E-state index < -0.39 is 0 Å². The fourth-order valence-electron chi connectivity index (χ4n) is 3.72. The van der Waals surface area contributed by atoms with Crippen LogP contribution in [0.3, 0.4) is 0 Å². The molecule has 1 saturated heterocycles. The summed E-state index contributed by atoms with van der Waals surface area (Å²) in [6, 6.07) is 9.18.